The van der Waals surface area contributed by atoms with Crippen LogP contribution in [0.4, 0.5) is 0 Å². The molecule has 0 heterocycles. The lowest BCUT2D eigenvalue weighted by Crippen LogP contribution is -2.26. The Hall–Kier alpha value is -1.35. The van der Waals surface area contributed by atoms with Crippen molar-refractivity contribution in [3.05, 3.63) is 28.3 Å². The number of carbonyl (C=O) groups is 1. The fourth-order valence-electron chi connectivity index (χ4n) is 2.60. The van der Waals surface area contributed by atoms with Gasteiger partial charge in [-0.05, 0) is 56.6 Å². The van der Waals surface area contributed by atoms with E-state index in [4.69, 9.17) is 4.74 Å². The van der Waals surface area contributed by atoms with Crippen LogP contribution in [0, 0.1) is 20.8 Å². The minimum Gasteiger partial charge on any atom is -0.496 e. The van der Waals surface area contributed by atoms with E-state index < -0.39 is 0 Å². The van der Waals surface area contributed by atoms with Gasteiger partial charge in [-0.25, -0.2) is 0 Å². The van der Waals surface area contributed by atoms with Gasteiger partial charge in [0.05, 0.1) is 7.11 Å². The molecule has 0 bridgehead atoms. The molecule has 1 rings (SSSR count). The first-order valence-electron chi connectivity index (χ1n) is 7.36. The average Bonchev–Trinajstić information content (AvgIpc) is 2.44. The fourth-order valence-corrected chi connectivity index (χ4v) is 2.60. The lowest BCUT2D eigenvalue weighted by Gasteiger charge is -2.18. The molecule has 0 aliphatic rings. The molecule has 0 aliphatic carbocycles. The number of hydrogen-bond donors (Lipinski definition) is 0. The first-order valence-corrected chi connectivity index (χ1v) is 7.36. The third kappa shape index (κ3) is 3.60. The van der Waals surface area contributed by atoms with Crippen molar-refractivity contribution >= 4 is 5.78 Å². The second-order valence-electron chi connectivity index (χ2n) is 5.22. The van der Waals surface area contributed by atoms with Gasteiger partial charge in [-0.1, -0.05) is 13.8 Å². The zero-order chi connectivity index (χ0) is 15.3. The van der Waals surface area contributed by atoms with E-state index in [-0.39, 0.29) is 5.78 Å². The van der Waals surface area contributed by atoms with E-state index in [9.17, 15) is 4.79 Å². The van der Waals surface area contributed by atoms with Crippen LogP contribution in [0.2, 0.25) is 0 Å². The molecule has 0 aliphatic heterocycles. The van der Waals surface area contributed by atoms with Crippen molar-refractivity contribution in [3.8, 4) is 5.75 Å². The summed E-state index contributed by atoms with van der Waals surface area (Å²) in [4.78, 5) is 14.7. The first kappa shape index (κ1) is 16.7. The second kappa shape index (κ2) is 7.44. The highest BCUT2D eigenvalue weighted by molar-refractivity contribution is 5.98. The summed E-state index contributed by atoms with van der Waals surface area (Å²) in [5, 5.41) is 0. The molecular formula is C17H27NO2. The number of carbonyl (C=O) groups excluding carboxylic acids is 1. The molecule has 112 valence electrons. The summed E-state index contributed by atoms with van der Waals surface area (Å²) >= 11 is 0. The summed E-state index contributed by atoms with van der Waals surface area (Å²) in [6.07, 6.45) is 0.577. The Morgan fingerprint density at radius 2 is 1.75 bits per heavy atom. The maximum atomic E-state index is 12.4. The van der Waals surface area contributed by atoms with Crippen LogP contribution >= 0.6 is 0 Å². The molecule has 0 amide bonds. The SMILES string of the molecule is CCN(CC)CCC(=O)c1cc(C)c(OC)c(C)c1C. The van der Waals surface area contributed by atoms with Crippen LogP contribution in [0.1, 0.15) is 47.3 Å². The van der Waals surface area contributed by atoms with Gasteiger partial charge in [-0.2, -0.15) is 0 Å². The first-order chi connectivity index (χ1) is 9.46. The maximum absolute atomic E-state index is 12.4. The van der Waals surface area contributed by atoms with E-state index in [1.807, 2.05) is 26.8 Å². The Labute approximate surface area is 122 Å². The number of methoxy groups -OCH3 is 1. The number of nitrogens with zero attached hydrogens (tertiary/aromatic N) is 1. The van der Waals surface area contributed by atoms with E-state index in [1.54, 1.807) is 7.11 Å². The van der Waals surface area contributed by atoms with Crippen LogP contribution in [0.25, 0.3) is 0 Å². The maximum Gasteiger partial charge on any atom is 0.164 e. The van der Waals surface area contributed by atoms with Crippen molar-refractivity contribution in [1.82, 2.24) is 4.90 Å². The number of benzene rings is 1. The standard InChI is InChI=1S/C17H27NO2/c1-7-18(8-2)10-9-16(19)15-11-12(3)17(20-6)14(5)13(15)4/h11H,7-10H2,1-6H3. The number of hydrogen-bond acceptors (Lipinski definition) is 3. The van der Waals surface area contributed by atoms with Gasteiger partial charge < -0.3 is 9.64 Å². The fraction of sp³-hybridized carbons (Fsp3) is 0.588. The lowest BCUT2D eigenvalue weighted by molar-refractivity contribution is 0.0965. The Kier molecular flexibility index (Phi) is 6.21. The molecule has 3 nitrogen and oxygen atoms in total. The Balaban J connectivity index is 2.94. The Morgan fingerprint density at radius 1 is 1.15 bits per heavy atom. The van der Waals surface area contributed by atoms with Crippen LogP contribution in [-0.2, 0) is 0 Å². The highest BCUT2D eigenvalue weighted by atomic mass is 16.5. The Bertz CT molecular complexity index is 476. The molecule has 0 saturated carbocycles. The van der Waals surface area contributed by atoms with Gasteiger partial charge in [0.1, 0.15) is 5.75 Å². The van der Waals surface area contributed by atoms with Crippen molar-refractivity contribution in [2.75, 3.05) is 26.7 Å². The number of ketones is 1. The van der Waals surface area contributed by atoms with Gasteiger partial charge >= 0.3 is 0 Å². The normalized spacial score (nSPS) is 10.9. The molecule has 0 saturated heterocycles. The van der Waals surface area contributed by atoms with E-state index in [0.29, 0.717) is 6.42 Å². The molecule has 1 aromatic rings. The zero-order valence-electron chi connectivity index (χ0n) is 13.7. The minimum atomic E-state index is 0.225. The summed E-state index contributed by atoms with van der Waals surface area (Å²) in [5.41, 5.74) is 3.98. The van der Waals surface area contributed by atoms with E-state index in [0.717, 1.165) is 47.6 Å². The van der Waals surface area contributed by atoms with Crippen LogP contribution in [0.5, 0.6) is 5.75 Å². The predicted octanol–water partition coefficient (Wildman–Crippen LogP) is 3.54. The monoisotopic (exact) mass is 277 g/mol. The smallest absolute Gasteiger partial charge is 0.164 e. The van der Waals surface area contributed by atoms with Crippen molar-refractivity contribution in [2.45, 2.75) is 41.0 Å². The predicted molar refractivity (Wildman–Crippen MR) is 83.9 cm³/mol. The van der Waals surface area contributed by atoms with Crippen molar-refractivity contribution in [3.63, 3.8) is 0 Å². The van der Waals surface area contributed by atoms with Crippen molar-refractivity contribution in [1.29, 1.82) is 0 Å². The summed E-state index contributed by atoms with van der Waals surface area (Å²) in [7, 11) is 1.68. The topological polar surface area (TPSA) is 29.5 Å². The minimum absolute atomic E-state index is 0.225. The Morgan fingerprint density at radius 3 is 2.25 bits per heavy atom. The van der Waals surface area contributed by atoms with Gasteiger partial charge in [-0.15, -0.1) is 0 Å². The molecule has 20 heavy (non-hydrogen) atoms. The quantitative estimate of drug-likeness (QED) is 0.714. The third-order valence-corrected chi connectivity index (χ3v) is 4.08. The van der Waals surface area contributed by atoms with Crippen LogP contribution < -0.4 is 4.74 Å². The number of rotatable bonds is 7. The lowest BCUT2D eigenvalue weighted by atomic mass is 9.95. The van der Waals surface area contributed by atoms with Gasteiger partial charge in [0.25, 0.3) is 0 Å². The highest BCUT2D eigenvalue weighted by Crippen LogP contribution is 2.29. The van der Waals surface area contributed by atoms with Crippen LogP contribution in [-0.4, -0.2) is 37.4 Å². The molecule has 0 N–H and O–H groups in total. The summed E-state index contributed by atoms with van der Waals surface area (Å²) in [6.45, 7) is 13.1. The summed E-state index contributed by atoms with van der Waals surface area (Å²) in [6, 6.07) is 1.96. The highest BCUT2D eigenvalue weighted by Gasteiger charge is 2.16. The van der Waals surface area contributed by atoms with E-state index in [2.05, 4.69) is 18.7 Å². The molecule has 1 aromatic carbocycles. The molecule has 0 radical (unpaired) electrons. The zero-order valence-corrected chi connectivity index (χ0v) is 13.7. The van der Waals surface area contributed by atoms with Crippen molar-refractivity contribution in [2.24, 2.45) is 0 Å². The van der Waals surface area contributed by atoms with Gasteiger partial charge in [0, 0.05) is 18.5 Å². The van der Waals surface area contributed by atoms with Gasteiger partial charge in [0.2, 0.25) is 0 Å². The third-order valence-electron chi connectivity index (χ3n) is 4.08. The van der Waals surface area contributed by atoms with Gasteiger partial charge in [-0.3, -0.25) is 4.79 Å². The van der Waals surface area contributed by atoms with Crippen LogP contribution in [0.3, 0.4) is 0 Å². The number of Topliss-reactive ketones (excluding diaryl/α,β-unsaturated/α-hetero) is 1. The molecule has 0 aromatic heterocycles. The second-order valence-corrected chi connectivity index (χ2v) is 5.22. The van der Waals surface area contributed by atoms with E-state index in [1.165, 1.54) is 0 Å². The summed E-state index contributed by atoms with van der Waals surface area (Å²) < 4.78 is 5.40. The van der Waals surface area contributed by atoms with Gasteiger partial charge in [0.15, 0.2) is 5.78 Å². The molecular weight excluding hydrogens is 250 g/mol. The largest absolute Gasteiger partial charge is 0.496 e. The molecule has 0 fully saturated rings. The molecule has 0 unspecified atom stereocenters. The van der Waals surface area contributed by atoms with Crippen LogP contribution in [0.15, 0.2) is 6.07 Å². The molecule has 0 spiro atoms. The average molecular weight is 277 g/mol. The molecule has 0 atom stereocenters. The summed E-state index contributed by atoms with van der Waals surface area (Å²) in [5.74, 6) is 1.12. The van der Waals surface area contributed by atoms with E-state index >= 15 is 0 Å². The number of aryl methyl sites for hydroxylation is 1. The number of ether oxygens (including phenoxy) is 1. The van der Waals surface area contributed by atoms with Crippen molar-refractivity contribution < 1.29 is 9.53 Å². The molecule has 3 heteroatoms.